The van der Waals surface area contributed by atoms with Crippen LogP contribution >= 0.6 is 0 Å². The molecule has 0 aromatic heterocycles. The summed E-state index contributed by atoms with van der Waals surface area (Å²) >= 11 is 0. The summed E-state index contributed by atoms with van der Waals surface area (Å²) in [6.07, 6.45) is -0.665. The second kappa shape index (κ2) is 2.91. The Labute approximate surface area is 64.7 Å². The van der Waals surface area contributed by atoms with E-state index in [2.05, 4.69) is 6.58 Å². The Balaban J connectivity index is 2.58. The van der Waals surface area contributed by atoms with Gasteiger partial charge in [0.2, 0.25) is 0 Å². The molecule has 0 bridgehead atoms. The molecule has 0 radical (unpaired) electrons. The molecule has 0 saturated carbocycles. The van der Waals surface area contributed by atoms with E-state index in [9.17, 15) is 5.11 Å². The van der Waals surface area contributed by atoms with Crippen molar-refractivity contribution >= 4 is 0 Å². The van der Waals surface area contributed by atoms with E-state index in [0.717, 1.165) is 0 Å². The lowest BCUT2D eigenvalue weighted by atomic mass is 10.0. The Kier molecular flexibility index (Phi) is 2.29. The van der Waals surface area contributed by atoms with Crippen LogP contribution in [-0.4, -0.2) is 39.9 Å². The molecule has 3 atom stereocenters. The molecule has 1 heterocycles. The SMILES string of the molecule is C=C[C@]1(O)C[C@@H](O)[C@@H](O)CO1. The summed E-state index contributed by atoms with van der Waals surface area (Å²) in [5.41, 5.74) is 0. The molecule has 0 aromatic rings. The van der Waals surface area contributed by atoms with Crippen LogP contribution in [0.25, 0.3) is 0 Å². The molecule has 0 amide bonds. The molecule has 1 saturated heterocycles. The van der Waals surface area contributed by atoms with Gasteiger partial charge >= 0.3 is 0 Å². The van der Waals surface area contributed by atoms with Gasteiger partial charge in [0.25, 0.3) is 0 Å². The fraction of sp³-hybridized carbons (Fsp3) is 0.714. The van der Waals surface area contributed by atoms with Gasteiger partial charge in [-0.2, -0.15) is 0 Å². The van der Waals surface area contributed by atoms with E-state index in [4.69, 9.17) is 14.9 Å². The van der Waals surface area contributed by atoms with Crippen molar-refractivity contribution in [2.24, 2.45) is 0 Å². The van der Waals surface area contributed by atoms with E-state index in [-0.39, 0.29) is 13.0 Å². The predicted octanol–water partition coefficient (Wildman–Crippen LogP) is -0.997. The first-order chi connectivity index (χ1) is 5.07. The second-order valence-electron chi connectivity index (χ2n) is 2.70. The van der Waals surface area contributed by atoms with Crippen LogP contribution in [-0.2, 0) is 4.74 Å². The molecule has 0 aromatic carbocycles. The Morgan fingerprint density at radius 2 is 2.09 bits per heavy atom. The van der Waals surface area contributed by atoms with Crippen molar-refractivity contribution in [2.45, 2.75) is 24.4 Å². The van der Waals surface area contributed by atoms with Crippen molar-refractivity contribution in [1.82, 2.24) is 0 Å². The van der Waals surface area contributed by atoms with Gasteiger partial charge in [0.05, 0.1) is 12.7 Å². The lowest BCUT2D eigenvalue weighted by Crippen LogP contribution is -2.48. The summed E-state index contributed by atoms with van der Waals surface area (Å²) in [4.78, 5) is 0. The molecular formula is C7H12O4. The fourth-order valence-corrected chi connectivity index (χ4v) is 0.978. The number of rotatable bonds is 1. The predicted molar refractivity (Wildman–Crippen MR) is 37.7 cm³/mol. The molecule has 11 heavy (non-hydrogen) atoms. The van der Waals surface area contributed by atoms with Crippen LogP contribution in [0.5, 0.6) is 0 Å². The number of hydrogen-bond donors (Lipinski definition) is 3. The molecular weight excluding hydrogens is 148 g/mol. The first kappa shape index (κ1) is 8.67. The van der Waals surface area contributed by atoms with Gasteiger partial charge in [-0.3, -0.25) is 0 Å². The van der Waals surface area contributed by atoms with Crippen LogP contribution in [0.3, 0.4) is 0 Å². The zero-order chi connectivity index (χ0) is 8.48. The Morgan fingerprint density at radius 3 is 2.55 bits per heavy atom. The van der Waals surface area contributed by atoms with Crippen molar-refractivity contribution in [3.63, 3.8) is 0 Å². The quantitative estimate of drug-likeness (QED) is 0.430. The minimum atomic E-state index is -1.47. The highest BCUT2D eigenvalue weighted by molar-refractivity contribution is 4.94. The number of hydrogen-bond acceptors (Lipinski definition) is 4. The standard InChI is InChI=1S/C7H12O4/c1-2-7(10)3-5(8)6(9)4-11-7/h2,5-6,8-10H,1,3-4H2/t5-,6+,7-/m1/s1. The molecule has 1 rings (SSSR count). The van der Waals surface area contributed by atoms with Gasteiger partial charge < -0.3 is 20.1 Å². The van der Waals surface area contributed by atoms with Crippen molar-refractivity contribution < 1.29 is 20.1 Å². The number of aliphatic hydroxyl groups is 3. The third-order valence-corrected chi connectivity index (χ3v) is 1.77. The highest BCUT2D eigenvalue weighted by Gasteiger charge is 2.36. The molecule has 64 valence electrons. The molecule has 1 fully saturated rings. The van der Waals surface area contributed by atoms with Crippen molar-refractivity contribution in [2.75, 3.05) is 6.61 Å². The normalized spacial score (nSPS) is 45.4. The summed E-state index contributed by atoms with van der Waals surface area (Å²) in [5.74, 6) is -1.47. The molecule has 1 aliphatic rings. The topological polar surface area (TPSA) is 69.9 Å². The second-order valence-corrected chi connectivity index (χ2v) is 2.70. The maximum Gasteiger partial charge on any atom is 0.187 e. The van der Waals surface area contributed by atoms with Crippen molar-refractivity contribution in [3.8, 4) is 0 Å². The molecule has 4 nitrogen and oxygen atoms in total. The van der Waals surface area contributed by atoms with E-state index in [1.807, 2.05) is 0 Å². The van der Waals surface area contributed by atoms with Crippen LogP contribution < -0.4 is 0 Å². The number of ether oxygens (including phenoxy) is 1. The van der Waals surface area contributed by atoms with Crippen LogP contribution in [0.1, 0.15) is 6.42 Å². The van der Waals surface area contributed by atoms with E-state index in [1.165, 1.54) is 6.08 Å². The van der Waals surface area contributed by atoms with Crippen LogP contribution in [0.4, 0.5) is 0 Å². The summed E-state index contributed by atoms with van der Waals surface area (Å²) < 4.78 is 4.82. The van der Waals surface area contributed by atoms with Gasteiger partial charge in [-0.15, -0.1) is 0 Å². The first-order valence-electron chi connectivity index (χ1n) is 3.43. The van der Waals surface area contributed by atoms with E-state index in [0.29, 0.717) is 0 Å². The first-order valence-corrected chi connectivity index (χ1v) is 3.43. The molecule has 3 N–H and O–H groups in total. The summed E-state index contributed by atoms with van der Waals surface area (Å²) in [6, 6.07) is 0. The van der Waals surface area contributed by atoms with Crippen molar-refractivity contribution in [1.29, 1.82) is 0 Å². The van der Waals surface area contributed by atoms with E-state index in [1.54, 1.807) is 0 Å². The van der Waals surface area contributed by atoms with E-state index >= 15 is 0 Å². The van der Waals surface area contributed by atoms with Gasteiger partial charge in [0.15, 0.2) is 5.79 Å². The maximum atomic E-state index is 9.36. The lowest BCUT2D eigenvalue weighted by Gasteiger charge is -2.34. The minimum Gasteiger partial charge on any atom is -0.390 e. The van der Waals surface area contributed by atoms with Crippen LogP contribution in [0, 0.1) is 0 Å². The largest absolute Gasteiger partial charge is 0.390 e. The Morgan fingerprint density at radius 1 is 1.45 bits per heavy atom. The zero-order valence-electron chi connectivity index (χ0n) is 6.10. The highest BCUT2D eigenvalue weighted by atomic mass is 16.6. The average molecular weight is 160 g/mol. The highest BCUT2D eigenvalue weighted by Crippen LogP contribution is 2.23. The summed E-state index contributed by atoms with van der Waals surface area (Å²) in [5, 5.41) is 27.4. The minimum absolute atomic E-state index is 0.0301. The lowest BCUT2D eigenvalue weighted by molar-refractivity contribution is -0.241. The fourth-order valence-electron chi connectivity index (χ4n) is 0.978. The summed E-state index contributed by atoms with van der Waals surface area (Å²) in [6.45, 7) is 3.28. The molecule has 4 heteroatoms. The van der Waals surface area contributed by atoms with Gasteiger partial charge in [-0.25, -0.2) is 0 Å². The zero-order valence-corrected chi connectivity index (χ0v) is 6.10. The third-order valence-electron chi connectivity index (χ3n) is 1.77. The van der Waals surface area contributed by atoms with Gasteiger partial charge in [0.1, 0.15) is 6.10 Å². The summed E-state index contributed by atoms with van der Waals surface area (Å²) in [7, 11) is 0. The van der Waals surface area contributed by atoms with Gasteiger partial charge in [-0.1, -0.05) is 6.58 Å². The molecule has 1 aliphatic heterocycles. The molecule has 0 spiro atoms. The van der Waals surface area contributed by atoms with Gasteiger partial charge in [-0.05, 0) is 6.08 Å². The Bertz CT molecular complexity index is 159. The van der Waals surface area contributed by atoms with Crippen molar-refractivity contribution in [3.05, 3.63) is 12.7 Å². The Hall–Kier alpha value is -0.420. The van der Waals surface area contributed by atoms with E-state index < -0.39 is 18.0 Å². The number of aliphatic hydroxyl groups excluding tert-OH is 2. The van der Waals surface area contributed by atoms with Crippen LogP contribution in [0.2, 0.25) is 0 Å². The van der Waals surface area contributed by atoms with Gasteiger partial charge in [0, 0.05) is 6.42 Å². The molecule has 0 aliphatic carbocycles. The molecule has 0 unspecified atom stereocenters. The van der Waals surface area contributed by atoms with Crippen LogP contribution in [0.15, 0.2) is 12.7 Å². The maximum absolute atomic E-state index is 9.36. The third kappa shape index (κ3) is 1.78. The monoisotopic (exact) mass is 160 g/mol. The average Bonchev–Trinajstić information content (AvgIpc) is 1.98. The smallest absolute Gasteiger partial charge is 0.187 e.